The molecule has 144 valence electrons. The Kier molecular flexibility index (Phi) is 6.01. The van der Waals surface area contributed by atoms with Crippen molar-refractivity contribution in [2.45, 2.75) is 18.7 Å². The second-order valence-corrected chi connectivity index (χ2v) is 6.51. The van der Waals surface area contributed by atoms with Crippen molar-refractivity contribution in [3.05, 3.63) is 65.7 Å². The van der Waals surface area contributed by atoms with E-state index in [1.165, 1.54) is 12.1 Å². The molecule has 0 radical (unpaired) electrons. The molecule has 1 fully saturated rings. The number of amides is 1. The van der Waals surface area contributed by atoms with Crippen LogP contribution in [0.5, 0.6) is 5.75 Å². The van der Waals surface area contributed by atoms with Gasteiger partial charge in [0, 0.05) is 25.6 Å². The van der Waals surface area contributed by atoms with Crippen LogP contribution in [0.15, 0.2) is 54.6 Å². The minimum atomic E-state index is -4.71. The molecule has 27 heavy (non-hydrogen) atoms. The van der Waals surface area contributed by atoms with E-state index in [1.54, 1.807) is 12.1 Å². The van der Waals surface area contributed by atoms with E-state index in [-0.39, 0.29) is 23.5 Å². The molecule has 4 nitrogen and oxygen atoms in total. The summed E-state index contributed by atoms with van der Waals surface area (Å²) in [4.78, 5) is 12.5. The van der Waals surface area contributed by atoms with Crippen LogP contribution < -0.4 is 15.4 Å². The predicted molar refractivity (Wildman–Crippen MR) is 95.4 cm³/mol. The minimum Gasteiger partial charge on any atom is -0.406 e. The van der Waals surface area contributed by atoms with Crippen molar-refractivity contribution >= 4 is 5.91 Å². The van der Waals surface area contributed by atoms with Crippen LogP contribution in [0.3, 0.4) is 0 Å². The molecule has 0 aliphatic carbocycles. The third-order valence-electron chi connectivity index (χ3n) is 4.65. The normalized spacial score (nSPS) is 19.7. The molecule has 0 aromatic heterocycles. The lowest BCUT2D eigenvalue weighted by Crippen LogP contribution is -2.35. The Morgan fingerprint density at radius 1 is 1.07 bits per heavy atom. The van der Waals surface area contributed by atoms with E-state index >= 15 is 0 Å². The van der Waals surface area contributed by atoms with Crippen LogP contribution >= 0.6 is 0 Å². The van der Waals surface area contributed by atoms with Gasteiger partial charge < -0.3 is 15.4 Å². The summed E-state index contributed by atoms with van der Waals surface area (Å²) in [5.74, 6) is -0.644. The van der Waals surface area contributed by atoms with E-state index in [9.17, 15) is 18.0 Å². The molecule has 0 bridgehead atoms. The fourth-order valence-electron chi connectivity index (χ4n) is 3.33. The number of halogens is 3. The van der Waals surface area contributed by atoms with Crippen molar-refractivity contribution in [2.24, 2.45) is 5.92 Å². The van der Waals surface area contributed by atoms with E-state index in [0.717, 1.165) is 17.5 Å². The first-order valence-corrected chi connectivity index (χ1v) is 8.80. The van der Waals surface area contributed by atoms with E-state index < -0.39 is 6.36 Å². The number of carbonyl (C=O) groups excluding carboxylic acids is 1. The quantitative estimate of drug-likeness (QED) is 0.811. The van der Waals surface area contributed by atoms with Crippen molar-refractivity contribution in [3.63, 3.8) is 0 Å². The van der Waals surface area contributed by atoms with Gasteiger partial charge in [0.25, 0.3) is 0 Å². The zero-order chi connectivity index (χ0) is 19.3. The largest absolute Gasteiger partial charge is 0.573 e. The Hall–Kier alpha value is -2.54. The molecule has 3 rings (SSSR count). The Bertz CT molecular complexity index is 748. The summed E-state index contributed by atoms with van der Waals surface area (Å²) in [5, 5.41) is 6.15. The van der Waals surface area contributed by atoms with Crippen LogP contribution in [0.4, 0.5) is 13.2 Å². The van der Waals surface area contributed by atoms with Crippen LogP contribution in [0.1, 0.15) is 17.0 Å². The second kappa shape index (κ2) is 8.43. The molecule has 1 saturated heterocycles. The van der Waals surface area contributed by atoms with Gasteiger partial charge in [-0.1, -0.05) is 42.5 Å². The van der Waals surface area contributed by atoms with Gasteiger partial charge in [0.2, 0.25) is 5.91 Å². The Morgan fingerprint density at radius 3 is 2.44 bits per heavy atom. The molecular formula is C20H21F3N2O2. The summed E-state index contributed by atoms with van der Waals surface area (Å²) in [6, 6.07) is 15.6. The molecule has 1 aliphatic heterocycles. The topological polar surface area (TPSA) is 50.4 Å². The number of rotatable bonds is 6. The van der Waals surface area contributed by atoms with E-state index in [0.29, 0.717) is 19.6 Å². The number of hydrogen-bond acceptors (Lipinski definition) is 3. The highest BCUT2D eigenvalue weighted by molar-refractivity contribution is 5.80. The number of alkyl halides is 3. The number of carbonyl (C=O) groups is 1. The maximum absolute atomic E-state index is 12.5. The van der Waals surface area contributed by atoms with E-state index in [1.807, 2.05) is 30.3 Å². The van der Waals surface area contributed by atoms with E-state index in [2.05, 4.69) is 15.4 Å². The molecule has 1 heterocycles. The molecule has 7 heteroatoms. The van der Waals surface area contributed by atoms with Crippen LogP contribution in [0, 0.1) is 5.92 Å². The maximum Gasteiger partial charge on any atom is 0.573 e. The van der Waals surface area contributed by atoms with E-state index in [4.69, 9.17) is 0 Å². The molecule has 0 unspecified atom stereocenters. The Labute approximate surface area is 155 Å². The van der Waals surface area contributed by atoms with Gasteiger partial charge in [0.05, 0.1) is 5.92 Å². The minimum absolute atomic E-state index is 0.0449. The lowest BCUT2D eigenvalue weighted by Gasteiger charge is -2.19. The van der Waals surface area contributed by atoms with Crippen LogP contribution in [-0.4, -0.2) is 31.9 Å². The Balaban J connectivity index is 1.57. The average molecular weight is 378 g/mol. The van der Waals surface area contributed by atoms with Gasteiger partial charge in [0.15, 0.2) is 0 Å². The molecule has 2 aromatic rings. The highest BCUT2D eigenvalue weighted by Gasteiger charge is 2.34. The number of ether oxygens (including phenoxy) is 1. The Morgan fingerprint density at radius 2 is 1.78 bits per heavy atom. The van der Waals surface area contributed by atoms with Gasteiger partial charge in [-0.05, 0) is 29.7 Å². The van der Waals surface area contributed by atoms with Crippen molar-refractivity contribution in [1.82, 2.24) is 10.6 Å². The van der Waals surface area contributed by atoms with Gasteiger partial charge in [-0.2, -0.15) is 0 Å². The summed E-state index contributed by atoms with van der Waals surface area (Å²) >= 11 is 0. The van der Waals surface area contributed by atoms with Crippen molar-refractivity contribution < 1.29 is 22.7 Å². The highest BCUT2D eigenvalue weighted by atomic mass is 19.4. The van der Waals surface area contributed by atoms with Crippen molar-refractivity contribution in [2.75, 3.05) is 19.6 Å². The third kappa shape index (κ3) is 5.47. The van der Waals surface area contributed by atoms with Gasteiger partial charge in [-0.15, -0.1) is 13.2 Å². The zero-order valence-electron chi connectivity index (χ0n) is 14.6. The molecular weight excluding hydrogens is 357 g/mol. The summed E-state index contributed by atoms with van der Waals surface area (Å²) in [6.45, 7) is 1.70. The predicted octanol–water partition coefficient (Wildman–Crippen LogP) is 3.25. The maximum atomic E-state index is 12.5. The molecule has 2 atom stereocenters. The molecule has 0 spiro atoms. The van der Waals surface area contributed by atoms with Crippen LogP contribution in [0.25, 0.3) is 0 Å². The summed E-state index contributed by atoms with van der Waals surface area (Å²) in [7, 11) is 0. The summed E-state index contributed by atoms with van der Waals surface area (Å²) < 4.78 is 40.7. The van der Waals surface area contributed by atoms with Crippen molar-refractivity contribution in [1.29, 1.82) is 0 Å². The number of nitrogens with one attached hydrogen (secondary N) is 2. The van der Waals surface area contributed by atoms with Crippen LogP contribution in [-0.2, 0) is 11.2 Å². The first-order chi connectivity index (χ1) is 12.9. The zero-order valence-corrected chi connectivity index (χ0v) is 14.6. The smallest absolute Gasteiger partial charge is 0.406 e. The third-order valence-corrected chi connectivity index (χ3v) is 4.65. The van der Waals surface area contributed by atoms with Gasteiger partial charge in [0.1, 0.15) is 5.75 Å². The summed E-state index contributed by atoms with van der Waals surface area (Å²) in [6.07, 6.45) is -3.96. The first kappa shape index (κ1) is 19.2. The van der Waals surface area contributed by atoms with Gasteiger partial charge >= 0.3 is 6.36 Å². The SMILES string of the molecule is O=C(NCCc1ccccc1)[C@@H]1CNC[C@H]1c1ccc(OC(F)(F)F)cc1. The molecule has 1 aliphatic rings. The molecule has 0 saturated carbocycles. The standard InChI is InChI=1S/C20H21F3N2O2/c21-20(22,23)27-16-8-6-15(7-9-16)17-12-24-13-18(17)19(26)25-11-10-14-4-2-1-3-5-14/h1-9,17-18,24H,10-13H2,(H,25,26)/t17-,18+/m0/s1. The number of hydrogen-bond donors (Lipinski definition) is 2. The highest BCUT2D eigenvalue weighted by Crippen LogP contribution is 2.30. The van der Waals surface area contributed by atoms with Crippen molar-refractivity contribution in [3.8, 4) is 5.75 Å². The fraction of sp³-hybridized carbons (Fsp3) is 0.350. The van der Waals surface area contributed by atoms with Gasteiger partial charge in [-0.3, -0.25) is 4.79 Å². The first-order valence-electron chi connectivity index (χ1n) is 8.80. The fourth-order valence-corrected chi connectivity index (χ4v) is 3.33. The molecule has 1 amide bonds. The molecule has 2 aromatic carbocycles. The number of benzene rings is 2. The molecule has 2 N–H and O–H groups in total. The van der Waals surface area contributed by atoms with Crippen LogP contribution in [0.2, 0.25) is 0 Å². The average Bonchev–Trinajstić information content (AvgIpc) is 3.12. The lowest BCUT2D eigenvalue weighted by molar-refractivity contribution is -0.274. The monoisotopic (exact) mass is 378 g/mol. The second-order valence-electron chi connectivity index (χ2n) is 6.51. The van der Waals surface area contributed by atoms with Gasteiger partial charge in [-0.25, -0.2) is 0 Å². The lowest BCUT2D eigenvalue weighted by atomic mass is 9.88. The summed E-state index contributed by atoms with van der Waals surface area (Å²) in [5.41, 5.74) is 1.97.